The second-order valence-corrected chi connectivity index (χ2v) is 5.84. The highest BCUT2D eigenvalue weighted by Crippen LogP contribution is 2.35. The molecule has 22 heavy (non-hydrogen) atoms. The molecular weight excluding hydrogens is 294 g/mol. The number of hydrogen-bond donors (Lipinski definition) is 1. The summed E-state index contributed by atoms with van der Waals surface area (Å²) in [6.45, 7) is 4.40. The van der Waals surface area contributed by atoms with E-state index in [0.29, 0.717) is 11.5 Å². The first-order valence-electron chi connectivity index (χ1n) is 7.72. The van der Waals surface area contributed by atoms with Crippen LogP contribution in [0.2, 0.25) is 5.02 Å². The van der Waals surface area contributed by atoms with Gasteiger partial charge in [0.15, 0.2) is 0 Å². The van der Waals surface area contributed by atoms with Crippen LogP contribution in [0.15, 0.2) is 42.5 Å². The predicted molar refractivity (Wildman–Crippen MR) is 93.6 cm³/mol. The molecule has 1 N–H and O–H groups in total. The molecule has 2 rings (SSSR count). The van der Waals surface area contributed by atoms with Crippen molar-refractivity contribution in [3.8, 4) is 11.1 Å². The zero-order valence-electron chi connectivity index (χ0n) is 13.3. The Morgan fingerprint density at radius 1 is 1.14 bits per heavy atom. The highest BCUT2D eigenvalue weighted by atomic mass is 35.5. The minimum absolute atomic E-state index is 0.0760. The number of rotatable bonds is 5. The summed E-state index contributed by atoms with van der Waals surface area (Å²) < 4.78 is 0. The summed E-state index contributed by atoms with van der Waals surface area (Å²) in [5.74, 6) is 0.420. The van der Waals surface area contributed by atoms with Crippen LogP contribution in [0.4, 0.5) is 0 Å². The van der Waals surface area contributed by atoms with E-state index in [-0.39, 0.29) is 5.91 Å². The van der Waals surface area contributed by atoms with Crippen LogP contribution in [0.5, 0.6) is 0 Å². The maximum atomic E-state index is 11.9. The monoisotopic (exact) mass is 315 g/mol. The lowest BCUT2D eigenvalue weighted by Gasteiger charge is -2.18. The third-order valence-corrected chi connectivity index (χ3v) is 4.34. The Bertz CT molecular complexity index is 662. The quantitative estimate of drug-likeness (QED) is 0.800. The zero-order valence-corrected chi connectivity index (χ0v) is 14.1. The van der Waals surface area contributed by atoms with Gasteiger partial charge in [0.25, 0.3) is 5.91 Å². The molecule has 0 aromatic heterocycles. The smallest absolute Gasteiger partial charge is 0.251 e. The van der Waals surface area contributed by atoms with Crippen LogP contribution in [0.25, 0.3) is 11.1 Å². The molecule has 1 amide bonds. The number of carbonyl (C=O) groups is 1. The maximum Gasteiger partial charge on any atom is 0.251 e. The molecule has 0 saturated heterocycles. The fourth-order valence-corrected chi connectivity index (χ4v) is 3.01. The van der Waals surface area contributed by atoms with Crippen LogP contribution in [-0.2, 0) is 0 Å². The number of benzene rings is 2. The second-order valence-electron chi connectivity index (χ2n) is 5.40. The molecule has 2 aromatic carbocycles. The molecule has 0 aliphatic carbocycles. The van der Waals surface area contributed by atoms with Gasteiger partial charge >= 0.3 is 0 Å². The Labute approximate surface area is 137 Å². The average molecular weight is 316 g/mol. The SMILES string of the molecule is CCC(CC)c1ccc(Cl)cc1-c1cccc(C(=O)NC)c1. The second kappa shape index (κ2) is 7.46. The lowest BCUT2D eigenvalue weighted by molar-refractivity contribution is 0.0963. The molecule has 116 valence electrons. The van der Waals surface area contributed by atoms with Crippen molar-refractivity contribution in [2.75, 3.05) is 7.05 Å². The Morgan fingerprint density at radius 3 is 2.50 bits per heavy atom. The molecule has 0 heterocycles. The summed E-state index contributed by atoms with van der Waals surface area (Å²) in [7, 11) is 1.64. The van der Waals surface area contributed by atoms with Crippen LogP contribution < -0.4 is 5.32 Å². The molecule has 0 aliphatic rings. The molecule has 0 unspecified atom stereocenters. The van der Waals surface area contributed by atoms with Crippen LogP contribution in [0, 0.1) is 0 Å². The van der Waals surface area contributed by atoms with Gasteiger partial charge in [-0.3, -0.25) is 4.79 Å². The first-order chi connectivity index (χ1) is 10.6. The summed E-state index contributed by atoms with van der Waals surface area (Å²) >= 11 is 6.21. The molecule has 3 heteroatoms. The van der Waals surface area contributed by atoms with Gasteiger partial charge in [0.2, 0.25) is 0 Å². The minimum atomic E-state index is -0.0760. The third-order valence-electron chi connectivity index (χ3n) is 4.10. The van der Waals surface area contributed by atoms with Gasteiger partial charge in [-0.15, -0.1) is 0 Å². The first kappa shape index (κ1) is 16.6. The van der Waals surface area contributed by atoms with E-state index < -0.39 is 0 Å². The van der Waals surface area contributed by atoms with Gasteiger partial charge in [-0.1, -0.05) is 43.6 Å². The Morgan fingerprint density at radius 2 is 1.86 bits per heavy atom. The highest BCUT2D eigenvalue weighted by Gasteiger charge is 2.15. The van der Waals surface area contributed by atoms with Crippen molar-refractivity contribution in [1.29, 1.82) is 0 Å². The summed E-state index contributed by atoms with van der Waals surface area (Å²) in [6.07, 6.45) is 2.17. The largest absolute Gasteiger partial charge is 0.355 e. The lowest BCUT2D eigenvalue weighted by atomic mass is 9.87. The van der Waals surface area contributed by atoms with Gasteiger partial charge in [-0.05, 0) is 59.7 Å². The van der Waals surface area contributed by atoms with Gasteiger partial charge in [-0.2, -0.15) is 0 Å². The summed E-state index contributed by atoms with van der Waals surface area (Å²) in [6, 6.07) is 13.8. The Kier molecular flexibility index (Phi) is 5.62. The standard InChI is InChI=1S/C19H22ClNO/c1-4-13(5-2)17-10-9-16(20)12-18(17)14-7-6-8-15(11-14)19(22)21-3/h6-13H,4-5H2,1-3H3,(H,21,22). The van der Waals surface area contributed by atoms with Gasteiger partial charge in [0.1, 0.15) is 0 Å². The van der Waals surface area contributed by atoms with E-state index in [1.54, 1.807) is 7.05 Å². The lowest BCUT2D eigenvalue weighted by Crippen LogP contribution is -2.17. The zero-order chi connectivity index (χ0) is 16.1. The predicted octanol–water partition coefficient (Wildman–Crippen LogP) is 5.27. The molecule has 0 bridgehead atoms. The van der Waals surface area contributed by atoms with E-state index in [1.165, 1.54) is 5.56 Å². The van der Waals surface area contributed by atoms with E-state index in [1.807, 2.05) is 36.4 Å². The molecule has 0 aliphatic heterocycles. The van der Waals surface area contributed by atoms with Crippen molar-refractivity contribution in [3.05, 3.63) is 58.6 Å². The number of nitrogens with one attached hydrogen (secondary N) is 1. The van der Waals surface area contributed by atoms with Crippen molar-refractivity contribution in [2.45, 2.75) is 32.6 Å². The minimum Gasteiger partial charge on any atom is -0.355 e. The van der Waals surface area contributed by atoms with Gasteiger partial charge < -0.3 is 5.32 Å². The fraction of sp³-hybridized carbons (Fsp3) is 0.316. The number of amides is 1. The van der Waals surface area contributed by atoms with Gasteiger partial charge in [-0.25, -0.2) is 0 Å². The Balaban J connectivity index is 2.56. The van der Waals surface area contributed by atoms with Gasteiger partial charge in [0, 0.05) is 17.6 Å². The molecule has 0 radical (unpaired) electrons. The van der Waals surface area contributed by atoms with E-state index in [4.69, 9.17) is 11.6 Å². The topological polar surface area (TPSA) is 29.1 Å². The molecule has 0 saturated carbocycles. The van der Waals surface area contributed by atoms with E-state index in [2.05, 4.69) is 25.2 Å². The number of halogens is 1. The summed E-state index contributed by atoms with van der Waals surface area (Å²) in [5, 5.41) is 3.38. The normalized spacial score (nSPS) is 10.8. The molecule has 0 atom stereocenters. The Hall–Kier alpha value is -1.80. The molecule has 0 spiro atoms. The van der Waals surface area contributed by atoms with E-state index in [0.717, 1.165) is 29.0 Å². The number of carbonyl (C=O) groups excluding carboxylic acids is 1. The molecule has 2 nitrogen and oxygen atoms in total. The fourth-order valence-electron chi connectivity index (χ4n) is 2.84. The van der Waals surface area contributed by atoms with E-state index in [9.17, 15) is 4.79 Å². The van der Waals surface area contributed by atoms with Crippen molar-refractivity contribution < 1.29 is 4.79 Å². The van der Waals surface area contributed by atoms with E-state index >= 15 is 0 Å². The van der Waals surface area contributed by atoms with Gasteiger partial charge in [0.05, 0.1) is 0 Å². The van der Waals surface area contributed by atoms with Crippen LogP contribution in [0.1, 0.15) is 48.5 Å². The van der Waals surface area contributed by atoms with Crippen molar-refractivity contribution >= 4 is 17.5 Å². The van der Waals surface area contributed by atoms with Crippen LogP contribution >= 0.6 is 11.6 Å². The first-order valence-corrected chi connectivity index (χ1v) is 8.10. The summed E-state index contributed by atoms with van der Waals surface area (Å²) in [4.78, 5) is 11.9. The van der Waals surface area contributed by atoms with Crippen molar-refractivity contribution in [2.24, 2.45) is 0 Å². The summed E-state index contributed by atoms with van der Waals surface area (Å²) in [5.41, 5.74) is 4.11. The van der Waals surface area contributed by atoms with Crippen molar-refractivity contribution in [1.82, 2.24) is 5.32 Å². The van der Waals surface area contributed by atoms with Crippen LogP contribution in [0.3, 0.4) is 0 Å². The average Bonchev–Trinajstić information content (AvgIpc) is 2.56. The van der Waals surface area contributed by atoms with Crippen LogP contribution in [-0.4, -0.2) is 13.0 Å². The molecule has 0 fully saturated rings. The maximum absolute atomic E-state index is 11.9. The van der Waals surface area contributed by atoms with Crippen molar-refractivity contribution in [3.63, 3.8) is 0 Å². The number of hydrogen-bond acceptors (Lipinski definition) is 1. The third kappa shape index (κ3) is 3.50. The molecule has 2 aromatic rings. The molecular formula is C19H22ClNO. The highest BCUT2D eigenvalue weighted by molar-refractivity contribution is 6.30.